The number of hydrogen-bond donors (Lipinski definition) is 1. The molecule has 5 heteroatoms. The number of allylic oxidation sites excluding steroid dienone is 5. The number of benzene rings is 1. The number of nitrogens with zero attached hydrogens (tertiary/aromatic N) is 2. The molecule has 4 rings (SSSR count). The van der Waals surface area contributed by atoms with E-state index in [0.717, 1.165) is 41.1 Å². The van der Waals surface area contributed by atoms with E-state index in [1.165, 1.54) is 0 Å². The fourth-order valence-corrected chi connectivity index (χ4v) is 3.96. The van der Waals surface area contributed by atoms with Crippen LogP contribution < -0.4 is 15.5 Å². The molecule has 0 saturated heterocycles. The molecule has 0 radical (unpaired) electrons. The Bertz CT molecular complexity index is 893. The van der Waals surface area contributed by atoms with Gasteiger partial charge in [-0.1, -0.05) is 30.4 Å². The Labute approximate surface area is 159 Å². The molecule has 140 valence electrons. The van der Waals surface area contributed by atoms with Gasteiger partial charge in [0.1, 0.15) is 0 Å². The number of nitrogens with two attached hydrogens (primary N) is 1. The van der Waals surface area contributed by atoms with Crippen molar-refractivity contribution in [1.82, 2.24) is 0 Å². The molecule has 1 fully saturated rings. The van der Waals surface area contributed by atoms with Crippen LogP contribution in [0.2, 0.25) is 0 Å². The third-order valence-corrected chi connectivity index (χ3v) is 5.45. The molecule has 1 aromatic carbocycles. The second-order valence-electron chi connectivity index (χ2n) is 7.59. The van der Waals surface area contributed by atoms with E-state index in [9.17, 15) is 9.59 Å². The second kappa shape index (κ2) is 6.72. The number of carbonyl (C=O) groups is 2. The summed E-state index contributed by atoms with van der Waals surface area (Å²) >= 11 is 0. The quantitative estimate of drug-likeness (QED) is 0.876. The van der Waals surface area contributed by atoms with E-state index in [0.29, 0.717) is 13.0 Å². The van der Waals surface area contributed by atoms with Crippen molar-refractivity contribution in [2.24, 2.45) is 11.7 Å². The standard InChI is InChI=1S/C22H25N3O2/c1-14-13-24(22(27)16-8-9-16)21-12-17(10-11-20(21)25(14)15(2)26)18-6-4-3-5-7-19(18)23/h3-6,10-12,14,16H,7-9,13,23H2,1-2H3/t14-/m0/s1. The summed E-state index contributed by atoms with van der Waals surface area (Å²) in [6.45, 7) is 4.09. The Hall–Kier alpha value is -2.82. The Morgan fingerprint density at radius 1 is 1.15 bits per heavy atom. The van der Waals surface area contributed by atoms with E-state index < -0.39 is 0 Å². The van der Waals surface area contributed by atoms with Crippen molar-refractivity contribution >= 4 is 28.8 Å². The molecule has 27 heavy (non-hydrogen) atoms. The predicted octanol–water partition coefficient (Wildman–Crippen LogP) is 3.37. The molecule has 0 bridgehead atoms. The molecular weight excluding hydrogens is 338 g/mol. The van der Waals surface area contributed by atoms with E-state index in [4.69, 9.17) is 5.73 Å². The van der Waals surface area contributed by atoms with Crippen LogP contribution >= 0.6 is 0 Å². The summed E-state index contributed by atoms with van der Waals surface area (Å²) in [4.78, 5) is 28.8. The molecule has 5 nitrogen and oxygen atoms in total. The summed E-state index contributed by atoms with van der Waals surface area (Å²) < 4.78 is 0. The summed E-state index contributed by atoms with van der Waals surface area (Å²) in [5.74, 6) is 0.291. The molecule has 1 aromatic rings. The maximum atomic E-state index is 12.9. The monoisotopic (exact) mass is 363 g/mol. The van der Waals surface area contributed by atoms with Crippen LogP contribution in [0.4, 0.5) is 11.4 Å². The summed E-state index contributed by atoms with van der Waals surface area (Å²) in [5.41, 5.74) is 10.6. The molecule has 0 spiro atoms. The molecular formula is C22H25N3O2. The van der Waals surface area contributed by atoms with Gasteiger partial charge in [0.25, 0.3) is 0 Å². The highest BCUT2D eigenvalue weighted by molar-refractivity contribution is 6.06. The van der Waals surface area contributed by atoms with Gasteiger partial charge in [0.2, 0.25) is 11.8 Å². The van der Waals surface area contributed by atoms with E-state index in [1.807, 2.05) is 54.3 Å². The molecule has 0 unspecified atom stereocenters. The molecule has 2 amide bonds. The zero-order chi connectivity index (χ0) is 19.1. The molecule has 3 aliphatic rings. The number of amides is 2. The zero-order valence-corrected chi connectivity index (χ0v) is 15.8. The van der Waals surface area contributed by atoms with E-state index in [-0.39, 0.29) is 23.8 Å². The Morgan fingerprint density at radius 2 is 1.93 bits per heavy atom. The van der Waals surface area contributed by atoms with Crippen LogP contribution in [-0.2, 0) is 9.59 Å². The Balaban J connectivity index is 1.82. The minimum absolute atomic E-state index is 0.00712. The van der Waals surface area contributed by atoms with Gasteiger partial charge >= 0.3 is 0 Å². The molecule has 1 heterocycles. The maximum absolute atomic E-state index is 12.9. The second-order valence-corrected chi connectivity index (χ2v) is 7.59. The SMILES string of the molecule is CC(=O)N1c2ccc(C3=C(N)CC=CC=C3)cc2N(C(=O)C2CC2)C[C@@H]1C. The Morgan fingerprint density at radius 3 is 2.63 bits per heavy atom. The normalized spacial score (nSPS) is 21.9. The lowest BCUT2D eigenvalue weighted by molar-refractivity contribution is -0.120. The average molecular weight is 363 g/mol. The van der Waals surface area contributed by atoms with Gasteiger partial charge in [0, 0.05) is 37.1 Å². The summed E-state index contributed by atoms with van der Waals surface area (Å²) in [5, 5.41) is 0. The molecule has 0 aromatic heterocycles. The first-order valence-electron chi connectivity index (χ1n) is 9.55. The number of carbonyl (C=O) groups excluding carboxylic acids is 2. The maximum Gasteiger partial charge on any atom is 0.230 e. The summed E-state index contributed by atoms with van der Waals surface area (Å²) in [6, 6.07) is 5.90. The number of fused-ring (bicyclic) bond motifs is 1. The molecule has 2 N–H and O–H groups in total. The van der Waals surface area contributed by atoms with Crippen LogP contribution in [-0.4, -0.2) is 24.4 Å². The van der Waals surface area contributed by atoms with Crippen molar-refractivity contribution in [3.8, 4) is 0 Å². The van der Waals surface area contributed by atoms with Crippen molar-refractivity contribution < 1.29 is 9.59 Å². The van der Waals surface area contributed by atoms with E-state index in [2.05, 4.69) is 0 Å². The third-order valence-electron chi connectivity index (χ3n) is 5.45. The smallest absolute Gasteiger partial charge is 0.230 e. The highest BCUT2D eigenvalue weighted by Gasteiger charge is 2.39. The van der Waals surface area contributed by atoms with Crippen LogP contribution in [0.5, 0.6) is 0 Å². The van der Waals surface area contributed by atoms with Crippen molar-refractivity contribution in [2.75, 3.05) is 16.3 Å². The van der Waals surface area contributed by atoms with Gasteiger partial charge in [0.15, 0.2) is 0 Å². The number of hydrogen-bond acceptors (Lipinski definition) is 3. The molecule has 1 saturated carbocycles. The Kier molecular flexibility index (Phi) is 4.38. The predicted molar refractivity (Wildman–Crippen MR) is 108 cm³/mol. The first-order valence-corrected chi connectivity index (χ1v) is 9.55. The van der Waals surface area contributed by atoms with Crippen LogP contribution in [0.3, 0.4) is 0 Å². The van der Waals surface area contributed by atoms with Crippen LogP contribution in [0.1, 0.15) is 38.7 Å². The van der Waals surface area contributed by atoms with Crippen molar-refractivity contribution in [1.29, 1.82) is 0 Å². The van der Waals surface area contributed by atoms with Crippen LogP contribution in [0.25, 0.3) is 5.57 Å². The number of anilines is 2. The van der Waals surface area contributed by atoms with Gasteiger partial charge in [-0.2, -0.15) is 0 Å². The zero-order valence-electron chi connectivity index (χ0n) is 15.8. The lowest BCUT2D eigenvalue weighted by Crippen LogP contribution is -2.51. The number of rotatable bonds is 2. The van der Waals surface area contributed by atoms with Crippen molar-refractivity contribution in [2.45, 2.75) is 39.2 Å². The van der Waals surface area contributed by atoms with E-state index >= 15 is 0 Å². The topological polar surface area (TPSA) is 66.6 Å². The fourth-order valence-electron chi connectivity index (χ4n) is 3.96. The molecule has 2 aliphatic carbocycles. The van der Waals surface area contributed by atoms with Gasteiger partial charge in [-0.25, -0.2) is 0 Å². The molecule has 1 atom stereocenters. The highest BCUT2D eigenvalue weighted by atomic mass is 16.2. The van der Waals surface area contributed by atoms with Crippen LogP contribution in [0.15, 0.2) is 48.2 Å². The summed E-state index contributed by atoms with van der Waals surface area (Å²) in [6.07, 6.45) is 10.6. The van der Waals surface area contributed by atoms with Gasteiger partial charge < -0.3 is 15.5 Å². The summed E-state index contributed by atoms with van der Waals surface area (Å²) in [7, 11) is 0. The first kappa shape index (κ1) is 17.6. The van der Waals surface area contributed by atoms with E-state index in [1.54, 1.807) is 11.8 Å². The first-order chi connectivity index (χ1) is 13.0. The largest absolute Gasteiger partial charge is 0.401 e. The minimum Gasteiger partial charge on any atom is -0.401 e. The third kappa shape index (κ3) is 3.18. The lowest BCUT2D eigenvalue weighted by Gasteiger charge is -2.41. The minimum atomic E-state index is -0.0465. The van der Waals surface area contributed by atoms with Crippen LogP contribution in [0, 0.1) is 5.92 Å². The van der Waals surface area contributed by atoms with Gasteiger partial charge in [-0.3, -0.25) is 9.59 Å². The van der Waals surface area contributed by atoms with Crippen molar-refractivity contribution in [3.63, 3.8) is 0 Å². The van der Waals surface area contributed by atoms with Gasteiger partial charge in [-0.15, -0.1) is 0 Å². The fraction of sp³-hybridized carbons (Fsp3) is 0.364. The highest BCUT2D eigenvalue weighted by Crippen LogP contribution is 2.41. The van der Waals surface area contributed by atoms with Gasteiger partial charge in [0.05, 0.1) is 17.4 Å². The van der Waals surface area contributed by atoms with Crippen molar-refractivity contribution in [3.05, 3.63) is 53.8 Å². The lowest BCUT2D eigenvalue weighted by atomic mass is 9.98. The molecule has 1 aliphatic heterocycles. The van der Waals surface area contributed by atoms with Gasteiger partial charge in [-0.05, 0) is 37.5 Å². The average Bonchev–Trinajstić information content (AvgIpc) is 3.48.